The molecule has 1 aromatic carbocycles. The van der Waals surface area contributed by atoms with Crippen molar-refractivity contribution >= 4 is 19.9 Å². The van der Waals surface area contributed by atoms with E-state index in [1.165, 1.54) is 102 Å². The van der Waals surface area contributed by atoms with Crippen molar-refractivity contribution in [2.75, 3.05) is 18.9 Å². The number of fused-ring (bicyclic) bond motifs is 1. The molecule has 1 fully saturated rings. The van der Waals surface area contributed by atoms with Crippen LogP contribution in [0.5, 0.6) is 0 Å². The average molecular weight is 714 g/mol. The van der Waals surface area contributed by atoms with Crippen LogP contribution in [-0.2, 0) is 25.1 Å². The Morgan fingerprint density at radius 3 is 2.34 bits per heavy atom. The third kappa shape index (κ3) is 14.1. The number of nitrogens with two attached hydrogens (primary N) is 1. The normalized spacial score (nSPS) is 17.3. The minimum absolute atomic E-state index is 0.145. The Morgan fingerprint density at radius 2 is 1.66 bits per heavy atom. The molecule has 0 spiro atoms. The monoisotopic (exact) mass is 713 g/mol. The van der Waals surface area contributed by atoms with Gasteiger partial charge in [-0.05, 0) is 55.2 Å². The molecule has 1 aliphatic rings. The quantitative estimate of drug-likeness (QED) is 0.0615. The van der Waals surface area contributed by atoms with Gasteiger partial charge in [0.25, 0.3) is 0 Å². The van der Waals surface area contributed by atoms with E-state index in [4.69, 9.17) is 24.3 Å². The second-order valence-electron chi connectivity index (χ2n) is 13.5. The van der Waals surface area contributed by atoms with Crippen LogP contribution in [0.1, 0.15) is 145 Å². The van der Waals surface area contributed by atoms with E-state index in [1.807, 2.05) is 18.2 Å². The van der Waals surface area contributed by atoms with Crippen molar-refractivity contribution < 1.29 is 27.8 Å². The van der Waals surface area contributed by atoms with Gasteiger partial charge in [0.2, 0.25) is 0 Å². The van der Waals surface area contributed by atoms with E-state index >= 15 is 0 Å². The molecule has 276 valence electrons. The van der Waals surface area contributed by atoms with Gasteiger partial charge in [-0.25, -0.2) is 13.9 Å². The lowest BCUT2D eigenvalue weighted by atomic mass is 10.0. The zero-order valence-electron chi connectivity index (χ0n) is 29.8. The molecular formula is C38H57FN5O5P. The van der Waals surface area contributed by atoms with Crippen LogP contribution in [-0.4, -0.2) is 44.9 Å². The van der Waals surface area contributed by atoms with Gasteiger partial charge in [0, 0.05) is 0 Å². The summed E-state index contributed by atoms with van der Waals surface area (Å²) in [5, 5.41) is 13.5. The lowest BCUT2D eigenvalue weighted by molar-refractivity contribution is -0.00970. The summed E-state index contributed by atoms with van der Waals surface area (Å²) in [7, 11) is -2.14. The minimum atomic E-state index is -2.14. The Morgan fingerprint density at radius 1 is 0.980 bits per heavy atom. The predicted molar refractivity (Wildman–Crippen MR) is 195 cm³/mol. The maximum absolute atomic E-state index is 14.0. The summed E-state index contributed by atoms with van der Waals surface area (Å²) in [4.78, 5) is 14.6. The van der Waals surface area contributed by atoms with Crippen LogP contribution < -0.4 is 5.73 Å². The summed E-state index contributed by atoms with van der Waals surface area (Å²) in [6.45, 7) is 2.75. The van der Waals surface area contributed by atoms with Gasteiger partial charge in [-0.15, -0.1) is 0 Å². The Bertz CT molecular complexity index is 1440. The van der Waals surface area contributed by atoms with Crippen molar-refractivity contribution in [1.82, 2.24) is 14.6 Å². The Kier molecular flexibility index (Phi) is 18.4. The smallest absolute Gasteiger partial charge is 0.330 e. The number of halogens is 1. The zero-order valence-corrected chi connectivity index (χ0v) is 30.7. The highest BCUT2D eigenvalue weighted by Crippen LogP contribution is 2.38. The number of nitriles is 1. The van der Waals surface area contributed by atoms with Crippen molar-refractivity contribution in [3.05, 3.63) is 59.3 Å². The number of benzene rings is 1. The molecule has 0 aliphatic carbocycles. The molecule has 3 N–H and O–H groups in total. The van der Waals surface area contributed by atoms with Gasteiger partial charge in [-0.1, -0.05) is 103 Å². The molecule has 0 radical (unpaired) electrons. The number of ether oxygens (including phenoxy) is 2. The predicted octanol–water partition coefficient (Wildman–Crippen LogP) is 9.64. The highest BCUT2D eigenvalue weighted by molar-refractivity contribution is 7.40. The van der Waals surface area contributed by atoms with Gasteiger partial charge in [-0.3, -0.25) is 0 Å². The number of hydrogen-bond donors (Lipinski definition) is 2. The van der Waals surface area contributed by atoms with E-state index in [0.29, 0.717) is 11.4 Å². The van der Waals surface area contributed by atoms with Crippen molar-refractivity contribution in [2.24, 2.45) is 0 Å². The molecule has 4 unspecified atom stereocenters. The van der Waals surface area contributed by atoms with Gasteiger partial charge in [-0.2, -0.15) is 10.4 Å². The van der Waals surface area contributed by atoms with Crippen molar-refractivity contribution in [2.45, 2.75) is 147 Å². The van der Waals surface area contributed by atoms with Crippen LogP contribution in [0.4, 0.5) is 10.2 Å². The summed E-state index contributed by atoms with van der Waals surface area (Å²) < 4.78 is 39.5. The lowest BCUT2D eigenvalue weighted by Gasteiger charge is -2.20. The van der Waals surface area contributed by atoms with Crippen LogP contribution in [0.2, 0.25) is 0 Å². The van der Waals surface area contributed by atoms with Gasteiger partial charge in [0.05, 0.1) is 49.4 Å². The Labute approximate surface area is 298 Å². The standard InChI is InChI=1S/C38H57FN5O5P/c1-2-3-4-5-6-7-8-9-10-11-12-13-14-15-16-17-33(46-26-31-22-30(25-40)23-32(39)24-31)27-47-50(45)48-28-34-18-21-37(49-34)35-19-20-36-38(41)42-29-43-44(35)36/h19-20,22-24,29,33-34,37,45H,2-18,21,26-28H2,1H3,(H2,41,42,43). The highest BCUT2D eigenvalue weighted by Gasteiger charge is 2.30. The fourth-order valence-corrected chi connectivity index (χ4v) is 7.23. The minimum Gasteiger partial charge on any atom is -0.382 e. The Balaban J connectivity index is 1.13. The molecule has 0 amide bonds. The molecule has 4 rings (SSSR count). The van der Waals surface area contributed by atoms with Gasteiger partial charge in [0.15, 0.2) is 5.82 Å². The van der Waals surface area contributed by atoms with Gasteiger partial charge >= 0.3 is 8.60 Å². The molecule has 0 saturated carbocycles. The third-order valence-electron chi connectivity index (χ3n) is 9.39. The average Bonchev–Trinajstić information content (AvgIpc) is 3.77. The van der Waals surface area contributed by atoms with Crippen LogP contribution in [0.3, 0.4) is 0 Å². The first-order chi connectivity index (χ1) is 24.5. The van der Waals surface area contributed by atoms with Crippen LogP contribution in [0.25, 0.3) is 5.52 Å². The largest absolute Gasteiger partial charge is 0.382 e. The van der Waals surface area contributed by atoms with E-state index in [-0.39, 0.29) is 43.7 Å². The van der Waals surface area contributed by atoms with Gasteiger partial charge in [0.1, 0.15) is 23.8 Å². The number of nitrogen functional groups attached to an aromatic ring is 1. The summed E-state index contributed by atoms with van der Waals surface area (Å²) in [6, 6.07) is 10.0. The highest BCUT2D eigenvalue weighted by atomic mass is 31.2. The molecule has 2 aromatic heterocycles. The number of anilines is 1. The molecule has 0 bridgehead atoms. The maximum atomic E-state index is 14.0. The van der Waals surface area contributed by atoms with Crippen LogP contribution >= 0.6 is 8.60 Å². The number of unbranched alkanes of at least 4 members (excludes halogenated alkanes) is 14. The molecule has 50 heavy (non-hydrogen) atoms. The lowest BCUT2D eigenvalue weighted by Crippen LogP contribution is -2.20. The number of nitrogens with zero attached hydrogens (tertiary/aromatic N) is 4. The first-order valence-electron chi connectivity index (χ1n) is 18.8. The topological polar surface area (TPSA) is 137 Å². The molecule has 1 saturated heterocycles. The van der Waals surface area contributed by atoms with E-state index in [0.717, 1.165) is 43.3 Å². The molecule has 3 heterocycles. The summed E-state index contributed by atoms with van der Waals surface area (Å²) in [6.07, 6.45) is 22.4. The number of aromatic nitrogens is 3. The Hall–Kier alpha value is -2.71. The number of hydrogen-bond acceptors (Lipinski definition) is 9. The summed E-state index contributed by atoms with van der Waals surface area (Å²) in [5.41, 5.74) is 8.45. The van der Waals surface area contributed by atoms with E-state index in [2.05, 4.69) is 17.0 Å². The fraction of sp³-hybridized carbons (Fsp3) is 0.658. The third-order valence-corrected chi connectivity index (χ3v) is 10.1. The first kappa shape index (κ1) is 40.1. The zero-order chi connectivity index (χ0) is 35.4. The van der Waals surface area contributed by atoms with Crippen molar-refractivity contribution in [3.8, 4) is 6.07 Å². The summed E-state index contributed by atoms with van der Waals surface area (Å²) in [5.74, 6) is -0.0546. The van der Waals surface area contributed by atoms with Crippen LogP contribution in [0, 0.1) is 17.1 Å². The molecule has 4 atom stereocenters. The molecule has 3 aromatic rings. The van der Waals surface area contributed by atoms with E-state index < -0.39 is 14.4 Å². The van der Waals surface area contributed by atoms with E-state index in [9.17, 15) is 14.5 Å². The van der Waals surface area contributed by atoms with Gasteiger partial charge < -0.3 is 29.1 Å². The van der Waals surface area contributed by atoms with Crippen molar-refractivity contribution in [1.29, 1.82) is 5.26 Å². The second kappa shape index (κ2) is 23.0. The SMILES string of the molecule is CCCCCCCCCCCCCCCCCC(COP(O)OCC1CCC(c2ccc3c(N)ncnn23)O1)OCc1cc(F)cc(C#N)c1. The molecule has 1 aliphatic heterocycles. The molecule has 10 nitrogen and oxygen atoms in total. The second-order valence-corrected chi connectivity index (χ2v) is 14.5. The molecule has 12 heteroatoms. The first-order valence-corrected chi connectivity index (χ1v) is 19.9. The number of rotatable bonds is 26. The van der Waals surface area contributed by atoms with Crippen LogP contribution in [0.15, 0.2) is 36.7 Å². The van der Waals surface area contributed by atoms with E-state index in [1.54, 1.807) is 10.6 Å². The van der Waals surface area contributed by atoms with Crippen molar-refractivity contribution in [3.63, 3.8) is 0 Å². The summed E-state index contributed by atoms with van der Waals surface area (Å²) >= 11 is 0. The fourth-order valence-electron chi connectivity index (χ4n) is 6.56. The maximum Gasteiger partial charge on any atom is 0.330 e. The molecular weight excluding hydrogens is 656 g/mol.